The summed E-state index contributed by atoms with van der Waals surface area (Å²) < 4.78 is 15.0. The van der Waals surface area contributed by atoms with E-state index in [2.05, 4.69) is 31.5 Å². The van der Waals surface area contributed by atoms with Crippen molar-refractivity contribution < 1.29 is 19.4 Å². The number of hydrogen-bond acceptors (Lipinski definition) is 8. The van der Waals surface area contributed by atoms with E-state index >= 15 is 0 Å². The summed E-state index contributed by atoms with van der Waals surface area (Å²) in [6, 6.07) is 4.92. The van der Waals surface area contributed by atoms with Gasteiger partial charge in [0.25, 0.3) is 0 Å². The van der Waals surface area contributed by atoms with Crippen LogP contribution in [0.25, 0.3) is 16.9 Å². The molecule has 14 heteroatoms. The Morgan fingerprint density at radius 2 is 1.52 bits per heavy atom. The number of carbonyl (C=O) groups is 2. The summed E-state index contributed by atoms with van der Waals surface area (Å²) in [4.78, 5) is 21.3. The average Bonchev–Trinajstić information content (AvgIpc) is 3.76. The van der Waals surface area contributed by atoms with Crippen LogP contribution in [0.5, 0.6) is 0 Å². The maximum Gasteiger partial charge on any atom is 0.335 e. The molecule has 0 aliphatic heterocycles. The summed E-state index contributed by atoms with van der Waals surface area (Å²) in [7, 11) is 6.29. The van der Waals surface area contributed by atoms with E-state index in [0.29, 0.717) is 16.9 Å². The van der Waals surface area contributed by atoms with Crippen LogP contribution in [0.2, 0.25) is 0 Å². The second-order valence-electron chi connectivity index (χ2n) is 8.96. The maximum atomic E-state index is 11.1. The Labute approximate surface area is 244 Å². The van der Waals surface area contributed by atoms with Crippen LogP contribution in [0.15, 0.2) is 43.0 Å². The van der Waals surface area contributed by atoms with Crippen molar-refractivity contribution in [2.75, 3.05) is 0 Å². The number of carbonyl (C=O) groups excluding carboxylic acids is 1. The third-order valence-corrected chi connectivity index (χ3v) is 6.50. The number of terminal acetylenes is 1. The van der Waals surface area contributed by atoms with Crippen LogP contribution in [-0.4, -0.2) is 69.4 Å². The van der Waals surface area contributed by atoms with E-state index in [9.17, 15) is 9.59 Å². The van der Waals surface area contributed by atoms with Gasteiger partial charge in [0.15, 0.2) is 6.29 Å². The quantitative estimate of drug-likeness (QED) is 0.194. The minimum absolute atomic E-state index is 0.218. The first-order valence-corrected chi connectivity index (χ1v) is 12.5. The number of benzene rings is 1. The van der Waals surface area contributed by atoms with Crippen LogP contribution >= 0.6 is 0 Å². The van der Waals surface area contributed by atoms with E-state index < -0.39 is 5.97 Å². The summed E-state index contributed by atoms with van der Waals surface area (Å²) in [6.45, 7) is 7.66. The molecule has 218 valence electrons. The highest BCUT2D eigenvalue weighted by molar-refractivity contribution is 5.88. The lowest BCUT2D eigenvalue weighted by atomic mass is 10.1. The van der Waals surface area contributed by atoms with Gasteiger partial charge in [-0.25, -0.2) is 9.48 Å². The molecule has 5 rings (SSSR count). The molecule has 4 heterocycles. The van der Waals surface area contributed by atoms with Gasteiger partial charge in [-0.05, 0) is 45.4 Å². The van der Waals surface area contributed by atoms with Crippen LogP contribution in [-0.2, 0) is 25.8 Å². The third kappa shape index (κ3) is 7.60. The van der Waals surface area contributed by atoms with Crippen molar-refractivity contribution in [2.45, 2.75) is 27.7 Å². The zero-order valence-electron chi connectivity index (χ0n) is 24.9. The molecule has 0 saturated carbocycles. The maximum absolute atomic E-state index is 11.1. The summed E-state index contributed by atoms with van der Waals surface area (Å²) in [5.74, 6) is 1.56. The predicted octanol–water partition coefficient (Wildman–Crippen LogP) is 2.20. The molecular weight excluding hydrogens is 537 g/mol. The molecular formula is C28H33BN9O4-. The van der Waals surface area contributed by atoms with Gasteiger partial charge in [-0.1, -0.05) is 17.2 Å². The van der Waals surface area contributed by atoms with E-state index in [0.717, 1.165) is 47.8 Å². The van der Waals surface area contributed by atoms with Gasteiger partial charge in [-0.2, -0.15) is 15.3 Å². The number of carboxylic acid groups (broad SMARTS) is 1. The van der Waals surface area contributed by atoms with Crippen molar-refractivity contribution in [2.24, 2.45) is 21.1 Å². The van der Waals surface area contributed by atoms with Gasteiger partial charge in [0.1, 0.15) is 5.69 Å². The first-order valence-electron chi connectivity index (χ1n) is 12.5. The molecule has 0 radical (unpaired) electrons. The van der Waals surface area contributed by atoms with E-state index in [1.54, 1.807) is 61.7 Å². The third-order valence-electron chi connectivity index (χ3n) is 6.50. The van der Waals surface area contributed by atoms with Crippen LogP contribution in [0, 0.1) is 40.0 Å². The van der Waals surface area contributed by atoms with Crippen LogP contribution in [0.1, 0.15) is 48.9 Å². The normalized spacial score (nSPS) is 9.76. The zero-order valence-corrected chi connectivity index (χ0v) is 24.9. The molecule has 0 fully saturated rings. The summed E-state index contributed by atoms with van der Waals surface area (Å²) in [6.07, 6.45) is 12.7. The van der Waals surface area contributed by atoms with E-state index in [-0.39, 0.29) is 5.56 Å². The highest BCUT2D eigenvalue weighted by Crippen LogP contribution is 2.22. The molecule has 13 nitrogen and oxygen atoms in total. The van der Waals surface area contributed by atoms with Gasteiger partial charge in [0, 0.05) is 45.8 Å². The molecule has 0 saturated heterocycles. The number of rotatable bonds is 4. The van der Waals surface area contributed by atoms with E-state index in [4.69, 9.17) is 16.2 Å². The molecule has 0 unspecified atom stereocenters. The van der Waals surface area contributed by atoms with Gasteiger partial charge in [-0.3, -0.25) is 18.8 Å². The molecule has 0 aliphatic rings. The van der Waals surface area contributed by atoms with Gasteiger partial charge in [0.2, 0.25) is 0 Å². The fourth-order valence-electron chi connectivity index (χ4n) is 3.52. The Morgan fingerprint density at radius 3 is 1.95 bits per heavy atom. The minimum atomic E-state index is -0.968. The monoisotopic (exact) mass is 570 g/mol. The first kappa shape index (κ1) is 32.8. The Hall–Kier alpha value is -5.45. The highest BCUT2D eigenvalue weighted by atomic mass is 16.4. The smallest absolute Gasteiger partial charge is 0.335 e. The number of aldehydes is 1. The van der Waals surface area contributed by atoms with Crippen LogP contribution < -0.4 is 0 Å². The van der Waals surface area contributed by atoms with Gasteiger partial charge >= 0.3 is 5.97 Å². The molecule has 1 N–H and O–H groups in total. The number of nitrogens with zero attached hydrogens (tertiary/aromatic N) is 9. The zero-order chi connectivity index (χ0) is 31.6. The molecule has 42 heavy (non-hydrogen) atoms. The molecule has 0 bridgehead atoms. The molecule has 0 spiro atoms. The molecule has 5 aromatic rings. The fourth-order valence-corrected chi connectivity index (χ4v) is 3.52. The Morgan fingerprint density at radius 1 is 0.929 bits per heavy atom. The summed E-state index contributed by atoms with van der Waals surface area (Å²) >= 11 is 0. The lowest BCUT2D eigenvalue weighted by molar-refractivity contribution is 0.0696. The Kier molecular flexibility index (Phi) is 11.5. The van der Waals surface area contributed by atoms with Crippen molar-refractivity contribution in [1.82, 2.24) is 44.3 Å². The lowest BCUT2D eigenvalue weighted by Gasteiger charge is -2.05. The molecule has 1 aromatic carbocycles. The molecule has 4 aromatic heterocycles. The van der Waals surface area contributed by atoms with Crippen LogP contribution in [0.4, 0.5) is 0 Å². The highest BCUT2D eigenvalue weighted by Gasteiger charge is 2.13. The Balaban J connectivity index is 0.000000254. The van der Waals surface area contributed by atoms with E-state index in [1.807, 2.05) is 48.8 Å². The lowest BCUT2D eigenvalue weighted by Crippen LogP contribution is -2.02. The fraction of sp³-hybridized carbons (Fsp3) is 0.250. The largest absolute Gasteiger partial charge is 0.645 e. The van der Waals surface area contributed by atoms with Gasteiger partial charge in [0.05, 0.1) is 52.9 Å². The number of carboxylic acids is 1. The second kappa shape index (κ2) is 14.8. The minimum Gasteiger partial charge on any atom is -0.645 e. The first-order chi connectivity index (χ1) is 20.0. The van der Waals surface area contributed by atoms with Crippen molar-refractivity contribution >= 4 is 20.0 Å². The second-order valence-corrected chi connectivity index (χ2v) is 8.96. The number of hydrogen-bond donors (Lipinski definition) is 1. The topological polar surface area (TPSA) is 156 Å². The predicted molar refractivity (Wildman–Crippen MR) is 158 cm³/mol. The molecule has 0 aliphatic carbocycles. The SMILES string of the molecule is C#Cc1cnn(C)c1C.Cc1c(C=O)cnn1C.Cc1ccc(C(=O)O)cc1-n1cc(-c2cnn(C)c2C)nn1.[BH2-]=O. The standard InChI is InChI=1S/C15H15N5O2.C7H8N2.C6H8N2O.BH2O/c1-9-4-5-11(15(21)22)6-14(9)20-8-13(17-18-20)12-7-16-19(3)10(12)2;1-4-7-5-8-9(3)6(7)2;1-5-6(4-9)3-7-8(5)2;1-2/h4-8H,1-3H3,(H,21,22);1,5H,2-3H3;3-4H,1-2H3;1H2/q;;;-1. The van der Waals surface area contributed by atoms with Crippen molar-refractivity contribution in [1.29, 1.82) is 0 Å². The molecule has 0 amide bonds. The number of aromatic nitrogens is 9. The molecule has 0 atom stereocenters. The summed E-state index contributed by atoms with van der Waals surface area (Å²) in [5.41, 5.74) is 7.91. The Bertz CT molecular complexity index is 1720. The van der Waals surface area contributed by atoms with Crippen molar-refractivity contribution in [3.8, 4) is 29.3 Å². The number of aromatic carboxylic acids is 1. The van der Waals surface area contributed by atoms with Gasteiger partial charge in [-0.15, -0.1) is 11.5 Å². The van der Waals surface area contributed by atoms with Crippen molar-refractivity contribution in [3.63, 3.8) is 0 Å². The van der Waals surface area contributed by atoms with E-state index in [1.165, 1.54) is 0 Å². The van der Waals surface area contributed by atoms with Crippen molar-refractivity contribution in [3.05, 3.63) is 82.3 Å². The van der Waals surface area contributed by atoms with Crippen LogP contribution in [0.3, 0.4) is 0 Å². The summed E-state index contributed by atoms with van der Waals surface area (Å²) in [5, 5.41) is 29.4. The number of aryl methyl sites for hydroxylation is 4. The van der Waals surface area contributed by atoms with Gasteiger partial charge < -0.3 is 9.81 Å². The average molecular weight is 570 g/mol.